The Morgan fingerprint density at radius 1 is 1.20 bits per heavy atom. The standard InChI is InChI=1S/C14H12FN3S2/c15-11-5-3-10(4-6-11)9-20-14-16-13(17-18-14)8-12-2-1-7-19-12/h1-7H,8-9H2,(H,16,17,18). The first-order valence-electron chi connectivity index (χ1n) is 6.10. The topological polar surface area (TPSA) is 41.6 Å². The lowest BCUT2D eigenvalue weighted by Gasteiger charge is -1.97. The van der Waals surface area contributed by atoms with Crippen LogP contribution in [0.4, 0.5) is 4.39 Å². The summed E-state index contributed by atoms with van der Waals surface area (Å²) in [6, 6.07) is 10.6. The summed E-state index contributed by atoms with van der Waals surface area (Å²) in [6.45, 7) is 0. The van der Waals surface area contributed by atoms with E-state index in [1.54, 1.807) is 35.2 Å². The van der Waals surface area contributed by atoms with Crippen LogP contribution in [0, 0.1) is 5.82 Å². The van der Waals surface area contributed by atoms with Crippen molar-refractivity contribution in [1.29, 1.82) is 0 Å². The molecule has 102 valence electrons. The average molecular weight is 305 g/mol. The largest absolute Gasteiger partial charge is 0.262 e. The van der Waals surface area contributed by atoms with Crippen molar-refractivity contribution in [3.05, 3.63) is 63.9 Å². The Balaban J connectivity index is 1.58. The average Bonchev–Trinajstić information content (AvgIpc) is 3.11. The van der Waals surface area contributed by atoms with Crippen molar-refractivity contribution in [2.75, 3.05) is 0 Å². The molecule has 0 aliphatic rings. The van der Waals surface area contributed by atoms with E-state index in [0.29, 0.717) is 0 Å². The van der Waals surface area contributed by atoms with Gasteiger partial charge < -0.3 is 0 Å². The zero-order valence-electron chi connectivity index (χ0n) is 10.5. The second-order valence-electron chi connectivity index (χ2n) is 4.24. The fourth-order valence-corrected chi connectivity index (χ4v) is 3.21. The Hall–Kier alpha value is -1.66. The van der Waals surface area contributed by atoms with Crippen molar-refractivity contribution in [2.24, 2.45) is 0 Å². The number of hydrogen-bond donors (Lipinski definition) is 1. The molecule has 0 aliphatic heterocycles. The van der Waals surface area contributed by atoms with Gasteiger partial charge >= 0.3 is 0 Å². The zero-order chi connectivity index (χ0) is 13.8. The second kappa shape index (κ2) is 6.19. The first kappa shape index (κ1) is 13.3. The van der Waals surface area contributed by atoms with Crippen LogP contribution in [0.5, 0.6) is 0 Å². The van der Waals surface area contributed by atoms with Crippen LogP contribution >= 0.6 is 23.1 Å². The molecular formula is C14H12FN3S2. The second-order valence-corrected chi connectivity index (χ2v) is 6.21. The van der Waals surface area contributed by atoms with E-state index >= 15 is 0 Å². The van der Waals surface area contributed by atoms with Gasteiger partial charge in [-0.25, -0.2) is 9.37 Å². The summed E-state index contributed by atoms with van der Waals surface area (Å²) in [4.78, 5) is 5.71. The Labute approximate surface area is 124 Å². The van der Waals surface area contributed by atoms with Crippen LogP contribution < -0.4 is 0 Å². The third-order valence-corrected chi connectivity index (χ3v) is 4.51. The Morgan fingerprint density at radius 2 is 2.05 bits per heavy atom. The molecule has 0 atom stereocenters. The van der Waals surface area contributed by atoms with Gasteiger partial charge in [0.25, 0.3) is 0 Å². The van der Waals surface area contributed by atoms with Crippen LogP contribution in [-0.2, 0) is 12.2 Å². The highest BCUT2D eigenvalue weighted by Crippen LogP contribution is 2.20. The van der Waals surface area contributed by atoms with Crippen molar-refractivity contribution in [3.63, 3.8) is 0 Å². The quantitative estimate of drug-likeness (QED) is 0.727. The van der Waals surface area contributed by atoms with E-state index in [9.17, 15) is 4.39 Å². The van der Waals surface area contributed by atoms with Gasteiger partial charge in [0.15, 0.2) is 0 Å². The summed E-state index contributed by atoms with van der Waals surface area (Å²) in [6.07, 6.45) is 0.780. The highest BCUT2D eigenvalue weighted by atomic mass is 32.2. The monoisotopic (exact) mass is 305 g/mol. The zero-order valence-corrected chi connectivity index (χ0v) is 12.2. The van der Waals surface area contributed by atoms with Crippen LogP contribution in [0.25, 0.3) is 0 Å². The molecule has 0 aliphatic carbocycles. The minimum absolute atomic E-state index is 0.213. The Morgan fingerprint density at radius 3 is 2.80 bits per heavy atom. The van der Waals surface area contributed by atoms with Gasteiger partial charge in [-0.05, 0) is 29.1 Å². The number of H-pyrrole nitrogens is 1. The molecule has 0 unspecified atom stereocenters. The van der Waals surface area contributed by atoms with Crippen molar-refractivity contribution in [3.8, 4) is 0 Å². The lowest BCUT2D eigenvalue weighted by atomic mass is 10.2. The molecule has 20 heavy (non-hydrogen) atoms. The number of halogens is 1. The van der Waals surface area contributed by atoms with Crippen LogP contribution in [0.3, 0.4) is 0 Å². The molecule has 0 radical (unpaired) electrons. The van der Waals surface area contributed by atoms with Gasteiger partial charge in [-0.1, -0.05) is 30.0 Å². The molecule has 2 heterocycles. The summed E-state index contributed by atoms with van der Waals surface area (Å²) in [5.74, 6) is 1.39. The Bertz CT molecular complexity index is 662. The molecule has 6 heteroatoms. The number of rotatable bonds is 5. The lowest BCUT2D eigenvalue weighted by molar-refractivity contribution is 0.627. The van der Waals surface area contributed by atoms with Crippen molar-refractivity contribution in [1.82, 2.24) is 15.2 Å². The van der Waals surface area contributed by atoms with E-state index in [0.717, 1.165) is 28.7 Å². The lowest BCUT2D eigenvalue weighted by Crippen LogP contribution is -1.87. The third kappa shape index (κ3) is 3.46. The number of aromatic nitrogens is 3. The van der Waals surface area contributed by atoms with Crippen molar-refractivity contribution >= 4 is 23.1 Å². The molecule has 2 aromatic heterocycles. The van der Waals surface area contributed by atoms with Gasteiger partial charge in [-0.15, -0.1) is 16.4 Å². The summed E-state index contributed by atoms with van der Waals surface area (Å²) < 4.78 is 12.8. The van der Waals surface area contributed by atoms with Gasteiger partial charge in [0.05, 0.1) is 0 Å². The van der Waals surface area contributed by atoms with Crippen LogP contribution in [0.2, 0.25) is 0 Å². The molecule has 1 N–H and O–H groups in total. The van der Waals surface area contributed by atoms with Gasteiger partial charge in [-0.3, -0.25) is 5.10 Å². The maximum absolute atomic E-state index is 12.8. The number of thiophene rings is 1. The maximum atomic E-state index is 12.8. The molecule has 0 bridgehead atoms. The molecule has 0 amide bonds. The smallest absolute Gasteiger partial charge is 0.208 e. The normalized spacial score (nSPS) is 10.8. The molecule has 3 aromatic rings. The molecule has 0 spiro atoms. The van der Waals surface area contributed by atoms with Crippen molar-refractivity contribution in [2.45, 2.75) is 17.3 Å². The number of nitrogens with one attached hydrogen (secondary N) is 1. The number of aromatic amines is 1. The molecule has 1 aromatic carbocycles. The SMILES string of the molecule is Fc1ccc(CSc2n[nH]c(Cc3cccs3)n2)cc1. The van der Waals surface area contributed by atoms with Gasteiger partial charge in [-0.2, -0.15) is 0 Å². The first-order chi connectivity index (χ1) is 9.79. The number of hydrogen-bond acceptors (Lipinski definition) is 4. The Kier molecular flexibility index (Phi) is 4.13. The van der Waals surface area contributed by atoms with E-state index < -0.39 is 0 Å². The summed E-state index contributed by atoms with van der Waals surface area (Å²) in [5.41, 5.74) is 1.06. The molecule has 0 fully saturated rings. The van der Waals surface area contributed by atoms with E-state index in [1.165, 1.54) is 17.0 Å². The number of thioether (sulfide) groups is 1. The molecule has 0 saturated carbocycles. The highest BCUT2D eigenvalue weighted by molar-refractivity contribution is 7.98. The summed E-state index contributed by atoms with van der Waals surface area (Å²) in [7, 11) is 0. The van der Waals surface area contributed by atoms with E-state index in [4.69, 9.17) is 0 Å². The van der Waals surface area contributed by atoms with Crippen LogP contribution in [0.1, 0.15) is 16.3 Å². The predicted molar refractivity (Wildman–Crippen MR) is 79.5 cm³/mol. The van der Waals surface area contributed by atoms with Gasteiger partial charge in [0.2, 0.25) is 5.16 Å². The van der Waals surface area contributed by atoms with E-state index in [-0.39, 0.29) is 5.82 Å². The van der Waals surface area contributed by atoms with Crippen molar-refractivity contribution < 1.29 is 4.39 Å². The maximum Gasteiger partial charge on any atom is 0.208 e. The minimum Gasteiger partial charge on any atom is -0.262 e. The van der Waals surface area contributed by atoms with Crippen LogP contribution in [-0.4, -0.2) is 15.2 Å². The number of benzene rings is 1. The van der Waals surface area contributed by atoms with Gasteiger partial charge in [0, 0.05) is 17.1 Å². The molecule has 0 saturated heterocycles. The molecule has 3 nitrogen and oxygen atoms in total. The van der Waals surface area contributed by atoms with Crippen LogP contribution in [0.15, 0.2) is 46.9 Å². The molecule has 3 rings (SSSR count). The fourth-order valence-electron chi connectivity index (χ4n) is 1.73. The summed E-state index contributed by atoms with van der Waals surface area (Å²) >= 11 is 3.25. The van der Waals surface area contributed by atoms with E-state index in [2.05, 4.69) is 26.6 Å². The third-order valence-electron chi connectivity index (χ3n) is 2.71. The first-order valence-corrected chi connectivity index (χ1v) is 7.97. The predicted octanol–water partition coefficient (Wildman–Crippen LogP) is 3.89. The van der Waals surface area contributed by atoms with Gasteiger partial charge in [0.1, 0.15) is 11.6 Å². The fraction of sp³-hybridized carbons (Fsp3) is 0.143. The van der Waals surface area contributed by atoms with E-state index in [1.807, 2.05) is 6.07 Å². The molecular weight excluding hydrogens is 293 g/mol. The highest BCUT2D eigenvalue weighted by Gasteiger charge is 2.06. The summed E-state index contributed by atoms with van der Waals surface area (Å²) in [5, 5.41) is 9.92. The number of nitrogens with zero attached hydrogens (tertiary/aromatic N) is 2. The minimum atomic E-state index is -0.213.